The summed E-state index contributed by atoms with van der Waals surface area (Å²) in [6, 6.07) is 5.67. The second-order valence-electron chi connectivity index (χ2n) is 7.13. The van der Waals surface area contributed by atoms with E-state index in [9.17, 15) is 0 Å². The lowest BCUT2D eigenvalue weighted by Gasteiger charge is -2.32. The molecule has 4 heteroatoms. The summed E-state index contributed by atoms with van der Waals surface area (Å²) >= 11 is 3.34. The molecule has 0 saturated carbocycles. The molecule has 3 nitrogen and oxygen atoms in total. The second-order valence-corrected chi connectivity index (χ2v) is 7.94. The van der Waals surface area contributed by atoms with Crippen LogP contribution in [-0.4, -0.2) is 17.2 Å². The number of rotatable bonds is 8. The molecule has 124 valence electrons. The van der Waals surface area contributed by atoms with Crippen molar-refractivity contribution in [1.82, 2.24) is 4.98 Å². The van der Waals surface area contributed by atoms with E-state index in [1.807, 2.05) is 39.0 Å². The molecule has 1 heterocycles. The topological polar surface area (TPSA) is 31.4 Å². The monoisotopic (exact) mass is 369 g/mol. The van der Waals surface area contributed by atoms with Crippen LogP contribution in [0.3, 0.4) is 0 Å². The maximum absolute atomic E-state index is 5.90. The molecule has 22 heavy (non-hydrogen) atoms. The van der Waals surface area contributed by atoms with E-state index in [1.165, 1.54) is 0 Å². The fourth-order valence-corrected chi connectivity index (χ4v) is 2.29. The van der Waals surface area contributed by atoms with Crippen molar-refractivity contribution in [3.05, 3.63) is 35.1 Å². The minimum Gasteiger partial charge on any atom is -0.493 e. The first kappa shape index (κ1) is 19.0. The van der Waals surface area contributed by atoms with E-state index in [2.05, 4.69) is 41.3 Å². The molecular weight excluding hydrogens is 342 g/mol. The summed E-state index contributed by atoms with van der Waals surface area (Å²) in [5.74, 6) is 1.52. The Hall–Kier alpha value is -1.03. The summed E-state index contributed by atoms with van der Waals surface area (Å²) < 4.78 is 12.3. The van der Waals surface area contributed by atoms with Gasteiger partial charge in [0, 0.05) is 11.5 Å². The fourth-order valence-electron chi connectivity index (χ4n) is 1.96. The van der Waals surface area contributed by atoms with E-state index < -0.39 is 0 Å². The van der Waals surface area contributed by atoms with Crippen molar-refractivity contribution >= 4 is 15.9 Å². The Morgan fingerprint density at radius 3 is 2.45 bits per heavy atom. The predicted molar refractivity (Wildman–Crippen MR) is 95.0 cm³/mol. The molecule has 0 radical (unpaired) electrons. The molecule has 0 spiro atoms. The third-order valence-electron chi connectivity index (χ3n) is 3.32. The number of nitrogens with zero attached hydrogens (tertiary/aromatic N) is 1. The molecule has 0 aliphatic rings. The molecule has 1 rings (SSSR count). The smallest absolute Gasteiger partial charge is 0.214 e. The van der Waals surface area contributed by atoms with Gasteiger partial charge in [0.05, 0.1) is 12.4 Å². The number of halogens is 1. The van der Waals surface area contributed by atoms with Gasteiger partial charge in [0.15, 0.2) is 0 Å². The zero-order valence-corrected chi connectivity index (χ0v) is 16.0. The lowest BCUT2D eigenvalue weighted by Crippen LogP contribution is -2.25. The predicted octanol–water partition coefficient (Wildman–Crippen LogP) is 5.75. The van der Waals surface area contributed by atoms with Crippen molar-refractivity contribution in [1.29, 1.82) is 0 Å². The average Bonchev–Trinajstić information content (AvgIpc) is 2.36. The molecule has 0 aromatic carbocycles. The molecular formula is C18H28BrNO2. The first-order chi connectivity index (χ1) is 10.1. The highest BCUT2D eigenvalue weighted by Gasteiger charge is 2.26. The van der Waals surface area contributed by atoms with E-state index in [0.29, 0.717) is 12.5 Å². The van der Waals surface area contributed by atoms with E-state index in [0.717, 1.165) is 29.6 Å². The molecule has 0 amide bonds. The molecule has 0 aliphatic heterocycles. The fraction of sp³-hybridized carbons (Fsp3) is 0.611. The van der Waals surface area contributed by atoms with Crippen LogP contribution >= 0.6 is 15.9 Å². The Kier molecular flexibility index (Phi) is 6.92. The van der Waals surface area contributed by atoms with E-state index in [-0.39, 0.29) is 11.0 Å². The maximum Gasteiger partial charge on any atom is 0.214 e. The summed E-state index contributed by atoms with van der Waals surface area (Å²) in [5.41, 5.74) is -0.217. The van der Waals surface area contributed by atoms with Crippen molar-refractivity contribution in [3.63, 3.8) is 0 Å². The summed E-state index contributed by atoms with van der Waals surface area (Å²) in [7, 11) is 0. The lowest BCUT2D eigenvalue weighted by molar-refractivity contribution is 0.0162. The number of allylic oxidation sites excluding steroid dienone is 1. The minimum absolute atomic E-state index is 0.0265. The van der Waals surface area contributed by atoms with Crippen LogP contribution in [0.15, 0.2) is 35.1 Å². The minimum atomic E-state index is -0.191. The normalized spacial score (nSPS) is 12.1. The average molecular weight is 370 g/mol. The SMILES string of the molecule is C=C(OC(C)(C)C)C(C)(C)CCCCOc1cccc(Br)n1. The van der Waals surface area contributed by atoms with Crippen molar-refractivity contribution in [2.75, 3.05) is 6.61 Å². The van der Waals surface area contributed by atoms with E-state index >= 15 is 0 Å². The maximum atomic E-state index is 5.90. The zero-order valence-electron chi connectivity index (χ0n) is 14.4. The Morgan fingerprint density at radius 2 is 1.86 bits per heavy atom. The zero-order chi connectivity index (χ0) is 16.8. The molecule has 1 aromatic heterocycles. The summed E-state index contributed by atoms with van der Waals surface area (Å²) in [4.78, 5) is 4.25. The van der Waals surface area contributed by atoms with Crippen LogP contribution < -0.4 is 4.74 Å². The number of ether oxygens (including phenoxy) is 2. The van der Waals surface area contributed by atoms with Gasteiger partial charge in [-0.1, -0.05) is 26.5 Å². The standard InChI is InChI=1S/C18H28BrNO2/c1-14(22-17(2,3)4)18(5,6)12-7-8-13-21-16-11-9-10-15(19)20-16/h9-11H,1,7-8,12-13H2,2-6H3. The highest BCUT2D eigenvalue weighted by molar-refractivity contribution is 9.10. The molecule has 0 N–H and O–H groups in total. The van der Waals surface area contributed by atoms with Crippen LogP contribution in [-0.2, 0) is 4.74 Å². The van der Waals surface area contributed by atoms with E-state index in [1.54, 1.807) is 0 Å². The van der Waals surface area contributed by atoms with Gasteiger partial charge in [-0.15, -0.1) is 0 Å². The number of hydrogen-bond acceptors (Lipinski definition) is 3. The molecule has 0 bridgehead atoms. The second kappa shape index (κ2) is 8.00. The van der Waals surface area contributed by atoms with Crippen LogP contribution in [0.1, 0.15) is 53.9 Å². The molecule has 1 aromatic rings. The number of unbranched alkanes of at least 4 members (excludes halogenated alkanes) is 1. The molecule has 0 fully saturated rings. The number of pyridine rings is 1. The molecule has 0 atom stereocenters. The number of hydrogen-bond donors (Lipinski definition) is 0. The number of aromatic nitrogens is 1. The first-order valence-corrected chi connectivity index (χ1v) is 8.53. The van der Waals surface area contributed by atoms with Crippen LogP contribution in [0.2, 0.25) is 0 Å². The van der Waals surface area contributed by atoms with Crippen LogP contribution in [0, 0.1) is 5.41 Å². The molecule has 0 unspecified atom stereocenters. The van der Waals surface area contributed by atoms with Gasteiger partial charge < -0.3 is 9.47 Å². The van der Waals surface area contributed by atoms with Gasteiger partial charge in [0.1, 0.15) is 10.2 Å². The highest BCUT2D eigenvalue weighted by Crippen LogP contribution is 2.34. The summed E-state index contributed by atoms with van der Waals surface area (Å²) in [5, 5.41) is 0. The van der Waals surface area contributed by atoms with Gasteiger partial charge in [0.2, 0.25) is 5.88 Å². The summed E-state index contributed by atoms with van der Waals surface area (Å²) in [6.45, 7) is 15.3. The van der Waals surface area contributed by atoms with Crippen LogP contribution in [0.4, 0.5) is 0 Å². The lowest BCUT2D eigenvalue weighted by atomic mass is 9.85. The first-order valence-electron chi connectivity index (χ1n) is 7.74. The van der Waals surface area contributed by atoms with Gasteiger partial charge in [-0.25, -0.2) is 4.98 Å². The largest absolute Gasteiger partial charge is 0.493 e. The molecule has 0 aliphatic carbocycles. The van der Waals surface area contributed by atoms with Gasteiger partial charge in [-0.05, 0) is 62.0 Å². The van der Waals surface area contributed by atoms with Crippen LogP contribution in [0.5, 0.6) is 5.88 Å². The quantitative estimate of drug-likeness (QED) is 0.332. The Labute approximate surface area is 143 Å². The third kappa shape index (κ3) is 7.30. The van der Waals surface area contributed by atoms with Gasteiger partial charge in [-0.3, -0.25) is 0 Å². The van der Waals surface area contributed by atoms with Gasteiger partial charge in [-0.2, -0.15) is 0 Å². The van der Waals surface area contributed by atoms with Crippen molar-refractivity contribution in [2.45, 2.75) is 59.5 Å². The van der Waals surface area contributed by atoms with Crippen LogP contribution in [0.25, 0.3) is 0 Å². The summed E-state index contributed by atoms with van der Waals surface area (Å²) in [6.07, 6.45) is 3.07. The Morgan fingerprint density at radius 1 is 1.18 bits per heavy atom. The third-order valence-corrected chi connectivity index (χ3v) is 3.76. The Balaban J connectivity index is 2.29. The molecule has 0 saturated heterocycles. The Bertz CT molecular complexity index is 492. The van der Waals surface area contributed by atoms with Crippen molar-refractivity contribution in [3.8, 4) is 5.88 Å². The van der Waals surface area contributed by atoms with E-state index in [4.69, 9.17) is 9.47 Å². The van der Waals surface area contributed by atoms with Crippen molar-refractivity contribution < 1.29 is 9.47 Å². The van der Waals surface area contributed by atoms with Gasteiger partial charge in [0.25, 0.3) is 0 Å². The van der Waals surface area contributed by atoms with Crippen molar-refractivity contribution in [2.24, 2.45) is 5.41 Å². The van der Waals surface area contributed by atoms with Gasteiger partial charge >= 0.3 is 0 Å². The highest BCUT2D eigenvalue weighted by atomic mass is 79.9.